The van der Waals surface area contributed by atoms with Gasteiger partial charge in [0.2, 0.25) is 0 Å². The lowest BCUT2D eigenvalue weighted by molar-refractivity contribution is -0.460. The number of esters is 1. The van der Waals surface area contributed by atoms with Gasteiger partial charge in [-0.1, -0.05) is 26.8 Å². The van der Waals surface area contributed by atoms with E-state index in [1.165, 1.54) is 12.1 Å². The van der Waals surface area contributed by atoms with Crippen LogP contribution in [0, 0.1) is 10.8 Å². The van der Waals surface area contributed by atoms with Gasteiger partial charge in [0.25, 0.3) is 0 Å². The molecule has 5 nitrogen and oxygen atoms in total. The fourth-order valence-electron chi connectivity index (χ4n) is 2.07. The molecule has 2 atom stereocenters. The highest BCUT2D eigenvalue weighted by molar-refractivity contribution is 5.75. The zero-order valence-electron chi connectivity index (χ0n) is 15.0. The molecule has 0 aromatic heterocycles. The summed E-state index contributed by atoms with van der Waals surface area (Å²) in [5.74, 6) is -0.623. The first-order valence-electron chi connectivity index (χ1n) is 7.87. The van der Waals surface area contributed by atoms with Crippen molar-refractivity contribution >= 4 is 5.97 Å². The predicted molar refractivity (Wildman–Crippen MR) is 88.9 cm³/mol. The van der Waals surface area contributed by atoms with Crippen LogP contribution >= 0.6 is 0 Å². The molecule has 1 aromatic rings. The van der Waals surface area contributed by atoms with Crippen LogP contribution in [-0.2, 0) is 16.0 Å². The van der Waals surface area contributed by atoms with Crippen molar-refractivity contribution in [2.45, 2.75) is 60.1 Å². The van der Waals surface area contributed by atoms with Crippen LogP contribution in [0.3, 0.4) is 0 Å². The van der Waals surface area contributed by atoms with Gasteiger partial charge in [-0.3, -0.25) is 4.79 Å². The summed E-state index contributed by atoms with van der Waals surface area (Å²) in [5.41, 5.74) is 4.25. The van der Waals surface area contributed by atoms with Gasteiger partial charge < -0.3 is 20.7 Å². The number of hydrogen-bond acceptors (Lipinski definition) is 4. The van der Waals surface area contributed by atoms with Gasteiger partial charge in [0.15, 0.2) is 17.6 Å². The van der Waals surface area contributed by atoms with Crippen LogP contribution in [0.5, 0.6) is 11.5 Å². The van der Waals surface area contributed by atoms with Crippen LogP contribution in [0.2, 0.25) is 0 Å². The number of carbonyl (C=O) groups is 1. The number of benzene rings is 1. The average Bonchev–Trinajstić information content (AvgIpc) is 2.39. The molecule has 0 aliphatic rings. The van der Waals surface area contributed by atoms with Gasteiger partial charge in [0.1, 0.15) is 6.04 Å². The molecule has 0 bridgehead atoms. The van der Waals surface area contributed by atoms with Crippen molar-refractivity contribution in [2.75, 3.05) is 0 Å². The molecule has 0 amide bonds. The number of ether oxygens (including phenoxy) is 1. The first-order chi connectivity index (χ1) is 10.3. The molecule has 5 heteroatoms. The quantitative estimate of drug-likeness (QED) is 0.585. The molecule has 1 rings (SSSR count). The minimum atomic E-state index is -0.590. The first kappa shape index (κ1) is 19.3. The van der Waals surface area contributed by atoms with Crippen molar-refractivity contribution in [2.24, 2.45) is 10.8 Å². The van der Waals surface area contributed by atoms with Gasteiger partial charge >= 0.3 is 5.97 Å². The lowest BCUT2D eigenvalue weighted by Gasteiger charge is -2.32. The van der Waals surface area contributed by atoms with Crippen LogP contribution in [-0.4, -0.2) is 28.3 Å². The Morgan fingerprint density at radius 1 is 1.13 bits per heavy atom. The lowest BCUT2D eigenvalue weighted by Crippen LogP contribution is -2.72. The topological polar surface area (TPSA) is 94.4 Å². The Bertz CT molecular complexity index is 555. The summed E-state index contributed by atoms with van der Waals surface area (Å²) in [7, 11) is 0. The van der Waals surface area contributed by atoms with E-state index < -0.39 is 11.5 Å². The van der Waals surface area contributed by atoms with E-state index in [2.05, 4.69) is 26.5 Å². The average molecular weight is 324 g/mol. The molecule has 0 aliphatic carbocycles. The number of rotatable bonds is 4. The molecule has 0 saturated heterocycles. The van der Waals surface area contributed by atoms with E-state index in [-0.39, 0.29) is 28.9 Å². The Hall–Kier alpha value is -1.75. The Morgan fingerprint density at radius 3 is 2.13 bits per heavy atom. The third-order valence-corrected chi connectivity index (χ3v) is 3.91. The zero-order valence-corrected chi connectivity index (χ0v) is 15.0. The Kier molecular flexibility index (Phi) is 5.69. The van der Waals surface area contributed by atoms with E-state index in [0.717, 1.165) is 5.56 Å². The van der Waals surface area contributed by atoms with E-state index in [9.17, 15) is 15.0 Å². The summed E-state index contributed by atoms with van der Waals surface area (Å²) in [4.78, 5) is 12.3. The van der Waals surface area contributed by atoms with Crippen molar-refractivity contribution < 1.29 is 25.5 Å². The number of hydrogen-bond donors (Lipinski definition) is 3. The fraction of sp³-hybridized carbons (Fsp3) is 0.611. The molecule has 0 heterocycles. The molecule has 0 fully saturated rings. The van der Waals surface area contributed by atoms with E-state index >= 15 is 0 Å². The van der Waals surface area contributed by atoms with E-state index in [1.807, 2.05) is 20.8 Å². The van der Waals surface area contributed by atoms with Gasteiger partial charge in [-0.05, 0) is 38.5 Å². The first-order valence-corrected chi connectivity index (χ1v) is 7.87. The third kappa shape index (κ3) is 5.43. The molecular formula is C18H30NO4+. The van der Waals surface area contributed by atoms with Crippen molar-refractivity contribution in [3.63, 3.8) is 0 Å². The van der Waals surface area contributed by atoms with Gasteiger partial charge in [0, 0.05) is 11.8 Å². The molecule has 0 aliphatic heterocycles. The predicted octanol–water partition coefficient (Wildman–Crippen LogP) is 2.25. The van der Waals surface area contributed by atoms with Crippen LogP contribution in [0.25, 0.3) is 0 Å². The number of carbonyl (C=O) groups excluding carboxylic acids is 1. The summed E-state index contributed by atoms with van der Waals surface area (Å²) >= 11 is 0. The molecule has 23 heavy (non-hydrogen) atoms. The van der Waals surface area contributed by atoms with Crippen LogP contribution < -0.4 is 5.73 Å². The minimum Gasteiger partial charge on any atom is -0.504 e. The fourth-order valence-corrected chi connectivity index (χ4v) is 2.07. The highest BCUT2D eigenvalue weighted by Crippen LogP contribution is 2.29. The second-order valence-corrected chi connectivity index (χ2v) is 8.19. The minimum absolute atomic E-state index is 0.121. The summed E-state index contributed by atoms with van der Waals surface area (Å²) in [6.45, 7) is 11.6. The van der Waals surface area contributed by atoms with E-state index in [4.69, 9.17) is 4.74 Å². The molecule has 130 valence electrons. The molecule has 1 aromatic carbocycles. The molecule has 0 saturated carbocycles. The van der Waals surface area contributed by atoms with Crippen LogP contribution in [0.4, 0.5) is 0 Å². The maximum Gasteiger partial charge on any atom is 0.311 e. The van der Waals surface area contributed by atoms with Gasteiger partial charge in [-0.2, -0.15) is 0 Å². The number of phenols is 2. The molecule has 0 spiro atoms. The normalized spacial score (nSPS) is 15.1. The van der Waals surface area contributed by atoms with Crippen molar-refractivity contribution in [3.05, 3.63) is 23.8 Å². The Labute approximate surface area is 138 Å². The van der Waals surface area contributed by atoms with Crippen molar-refractivity contribution in [1.82, 2.24) is 0 Å². The summed E-state index contributed by atoms with van der Waals surface area (Å²) in [6, 6.07) is 4.51. The Morgan fingerprint density at radius 2 is 1.70 bits per heavy atom. The second-order valence-electron chi connectivity index (χ2n) is 8.19. The van der Waals surface area contributed by atoms with Gasteiger partial charge in [-0.15, -0.1) is 0 Å². The number of aromatic hydroxyl groups is 2. The lowest BCUT2D eigenvalue weighted by atomic mass is 9.82. The van der Waals surface area contributed by atoms with E-state index in [1.54, 1.807) is 6.07 Å². The van der Waals surface area contributed by atoms with Crippen molar-refractivity contribution in [3.8, 4) is 11.5 Å². The highest BCUT2D eigenvalue weighted by atomic mass is 16.5. The summed E-state index contributed by atoms with van der Waals surface area (Å²) in [5, 5.41) is 19.1. The highest BCUT2D eigenvalue weighted by Gasteiger charge is 2.37. The largest absolute Gasteiger partial charge is 0.504 e. The van der Waals surface area contributed by atoms with Crippen molar-refractivity contribution in [1.29, 1.82) is 0 Å². The van der Waals surface area contributed by atoms with Crippen LogP contribution in [0.15, 0.2) is 18.2 Å². The molecule has 2 unspecified atom stereocenters. The summed E-state index contributed by atoms with van der Waals surface area (Å²) in [6.07, 6.45) is 0.0202. The maximum absolute atomic E-state index is 12.3. The standard InChI is InChI=1S/C18H29NO4/c1-17(2,3)15(19)14(23-16(22)18(4,5)6)10-11-7-8-12(20)13(21)9-11/h7-9,14-15,20-21H,10,19H2,1-6H3/p+1. The SMILES string of the molecule is CC(C)(C)C(=O)OC(Cc1ccc(O)c(O)c1)C([NH3+])C(C)(C)C. The monoisotopic (exact) mass is 324 g/mol. The van der Waals surface area contributed by atoms with Gasteiger partial charge in [0.05, 0.1) is 5.41 Å². The maximum atomic E-state index is 12.3. The van der Waals surface area contributed by atoms with Gasteiger partial charge in [-0.25, -0.2) is 0 Å². The second kappa shape index (κ2) is 6.79. The third-order valence-electron chi connectivity index (χ3n) is 3.91. The number of phenolic OH excluding ortho intramolecular Hbond substituents is 2. The zero-order chi connectivity index (χ0) is 18.0. The van der Waals surface area contributed by atoms with Crippen LogP contribution in [0.1, 0.15) is 47.1 Å². The number of quaternary nitrogens is 1. The molecule has 5 N–H and O–H groups in total. The van der Waals surface area contributed by atoms with E-state index in [0.29, 0.717) is 6.42 Å². The Balaban J connectivity index is 3.04. The smallest absolute Gasteiger partial charge is 0.311 e. The summed E-state index contributed by atoms with van der Waals surface area (Å²) < 4.78 is 5.73. The molecule has 0 radical (unpaired) electrons. The molecular weight excluding hydrogens is 294 g/mol.